The van der Waals surface area contributed by atoms with Gasteiger partial charge >= 0.3 is 5.97 Å². The second-order valence-corrected chi connectivity index (χ2v) is 8.58. The van der Waals surface area contributed by atoms with E-state index in [0.29, 0.717) is 12.0 Å². The van der Waals surface area contributed by atoms with Gasteiger partial charge in [-0.05, 0) is 30.2 Å². The average Bonchev–Trinajstić information content (AvgIpc) is 2.65. The van der Waals surface area contributed by atoms with Crippen molar-refractivity contribution in [3.63, 3.8) is 0 Å². The van der Waals surface area contributed by atoms with Gasteiger partial charge in [-0.1, -0.05) is 63.3 Å². The third kappa shape index (κ3) is 6.34. The maximum absolute atomic E-state index is 14.0. The van der Waals surface area contributed by atoms with Gasteiger partial charge in [-0.2, -0.15) is 0 Å². The number of sulfonamides is 1. The minimum absolute atomic E-state index is 0.0152. The van der Waals surface area contributed by atoms with Crippen molar-refractivity contribution in [3.8, 4) is 11.1 Å². The van der Waals surface area contributed by atoms with Gasteiger partial charge < -0.3 is 5.11 Å². The number of nitrogens with one attached hydrogen (secondary N) is 1. The summed E-state index contributed by atoms with van der Waals surface area (Å²) < 4.78 is 40.9. The number of unbranched alkanes of at least 4 members (excludes halogenated alkanes) is 5. The first-order valence-corrected chi connectivity index (χ1v) is 11.1. The van der Waals surface area contributed by atoms with E-state index in [1.54, 1.807) is 18.2 Å². The van der Waals surface area contributed by atoms with Crippen molar-refractivity contribution in [2.45, 2.75) is 45.4 Å². The van der Waals surface area contributed by atoms with Crippen LogP contribution in [0.5, 0.6) is 0 Å². The first-order chi connectivity index (χ1) is 13.3. The highest BCUT2D eigenvalue weighted by molar-refractivity contribution is 7.92. The van der Waals surface area contributed by atoms with E-state index in [1.165, 1.54) is 24.3 Å². The Morgan fingerprint density at radius 2 is 1.71 bits per heavy atom. The summed E-state index contributed by atoms with van der Waals surface area (Å²) >= 11 is 0. The maximum Gasteiger partial charge on any atom is 0.337 e. The zero-order chi connectivity index (χ0) is 20.6. The molecule has 2 N–H and O–H groups in total. The molecule has 0 radical (unpaired) electrons. The predicted molar refractivity (Wildman–Crippen MR) is 110 cm³/mol. The molecular weight excluding hydrogens is 381 g/mol. The summed E-state index contributed by atoms with van der Waals surface area (Å²) in [6.07, 6.45) is 5.68. The minimum atomic E-state index is -3.66. The summed E-state index contributed by atoms with van der Waals surface area (Å²) in [5.41, 5.74) is 0.395. The summed E-state index contributed by atoms with van der Waals surface area (Å²) in [7, 11) is -3.66. The predicted octanol–water partition coefficient (Wildman–Crippen LogP) is 5.29. The van der Waals surface area contributed by atoms with Gasteiger partial charge in [-0.25, -0.2) is 17.6 Å². The van der Waals surface area contributed by atoms with E-state index < -0.39 is 21.8 Å². The van der Waals surface area contributed by atoms with E-state index >= 15 is 0 Å². The average molecular weight is 408 g/mol. The molecule has 0 unspecified atom stereocenters. The summed E-state index contributed by atoms with van der Waals surface area (Å²) in [5, 5.41) is 9.47. The molecule has 0 saturated heterocycles. The summed E-state index contributed by atoms with van der Waals surface area (Å²) in [4.78, 5) is 11.6. The van der Waals surface area contributed by atoms with Crippen molar-refractivity contribution in [3.05, 3.63) is 53.8 Å². The van der Waals surface area contributed by atoms with E-state index in [0.717, 1.165) is 32.1 Å². The fraction of sp³-hybridized carbons (Fsp3) is 0.381. The lowest BCUT2D eigenvalue weighted by Crippen LogP contribution is -2.18. The molecule has 2 rings (SSSR count). The Morgan fingerprint density at radius 1 is 1.04 bits per heavy atom. The molecule has 0 aliphatic carbocycles. The lowest BCUT2D eigenvalue weighted by Gasteiger charge is -2.12. The number of carboxylic acids is 1. The van der Waals surface area contributed by atoms with Crippen molar-refractivity contribution >= 4 is 21.7 Å². The quantitative estimate of drug-likeness (QED) is 0.496. The number of anilines is 1. The van der Waals surface area contributed by atoms with E-state index in [-0.39, 0.29) is 22.6 Å². The van der Waals surface area contributed by atoms with Crippen molar-refractivity contribution in [1.82, 2.24) is 0 Å². The van der Waals surface area contributed by atoms with Gasteiger partial charge in [0.1, 0.15) is 5.82 Å². The molecular formula is C21H26FNO4S. The van der Waals surface area contributed by atoms with Crippen LogP contribution in [0.15, 0.2) is 42.5 Å². The molecule has 0 aliphatic heterocycles. The molecule has 0 atom stereocenters. The minimum Gasteiger partial charge on any atom is -0.478 e. The van der Waals surface area contributed by atoms with Gasteiger partial charge in [0.25, 0.3) is 0 Å². The molecule has 0 aliphatic rings. The van der Waals surface area contributed by atoms with Crippen LogP contribution >= 0.6 is 0 Å². The molecule has 0 heterocycles. The van der Waals surface area contributed by atoms with Gasteiger partial charge in [-0.3, -0.25) is 4.72 Å². The molecule has 0 aromatic heterocycles. The Morgan fingerprint density at radius 3 is 2.39 bits per heavy atom. The van der Waals surface area contributed by atoms with Crippen molar-refractivity contribution in [1.29, 1.82) is 0 Å². The number of hydrogen-bond donors (Lipinski definition) is 2. The third-order valence-corrected chi connectivity index (χ3v) is 5.82. The fourth-order valence-corrected chi connectivity index (χ4v) is 4.16. The number of carboxylic acid groups (broad SMARTS) is 1. The molecule has 2 aromatic carbocycles. The van der Waals surface area contributed by atoms with Gasteiger partial charge in [0.2, 0.25) is 10.0 Å². The zero-order valence-corrected chi connectivity index (χ0v) is 16.8. The Kier molecular flexibility index (Phi) is 7.99. The van der Waals surface area contributed by atoms with Gasteiger partial charge in [0.15, 0.2) is 0 Å². The molecule has 2 aromatic rings. The third-order valence-electron chi connectivity index (χ3n) is 4.47. The monoisotopic (exact) mass is 407 g/mol. The molecule has 0 amide bonds. The smallest absolute Gasteiger partial charge is 0.337 e. The van der Waals surface area contributed by atoms with Crippen LogP contribution < -0.4 is 4.72 Å². The molecule has 152 valence electrons. The number of hydrogen-bond acceptors (Lipinski definition) is 3. The summed E-state index contributed by atoms with van der Waals surface area (Å²) in [6, 6.07) is 10.2. The highest BCUT2D eigenvalue weighted by Crippen LogP contribution is 2.28. The van der Waals surface area contributed by atoms with Crippen LogP contribution in [0.25, 0.3) is 11.1 Å². The van der Waals surface area contributed by atoms with Crippen LogP contribution in [-0.4, -0.2) is 25.2 Å². The number of halogens is 1. The van der Waals surface area contributed by atoms with E-state index in [2.05, 4.69) is 11.6 Å². The van der Waals surface area contributed by atoms with E-state index in [4.69, 9.17) is 0 Å². The normalized spacial score (nSPS) is 11.4. The first kappa shape index (κ1) is 21.9. The van der Waals surface area contributed by atoms with Crippen molar-refractivity contribution in [2.75, 3.05) is 10.5 Å². The maximum atomic E-state index is 14.0. The summed E-state index contributed by atoms with van der Waals surface area (Å²) in [5.74, 6) is -1.82. The fourth-order valence-electron chi connectivity index (χ4n) is 2.96. The van der Waals surface area contributed by atoms with Crippen LogP contribution in [0.4, 0.5) is 10.1 Å². The van der Waals surface area contributed by atoms with Gasteiger partial charge in [0, 0.05) is 5.56 Å². The molecule has 0 fully saturated rings. The number of benzene rings is 2. The molecule has 7 heteroatoms. The molecule has 0 bridgehead atoms. The van der Waals surface area contributed by atoms with E-state index in [9.17, 15) is 22.7 Å². The van der Waals surface area contributed by atoms with Crippen molar-refractivity contribution < 1.29 is 22.7 Å². The van der Waals surface area contributed by atoms with Crippen LogP contribution in [0.3, 0.4) is 0 Å². The second-order valence-electron chi connectivity index (χ2n) is 6.73. The lowest BCUT2D eigenvalue weighted by atomic mass is 10.0. The number of rotatable bonds is 11. The Hall–Kier alpha value is -2.41. The van der Waals surface area contributed by atoms with E-state index in [1.807, 2.05) is 0 Å². The molecule has 28 heavy (non-hydrogen) atoms. The largest absolute Gasteiger partial charge is 0.478 e. The molecule has 0 spiro atoms. The second kappa shape index (κ2) is 10.2. The van der Waals surface area contributed by atoms with Gasteiger partial charge in [0.05, 0.1) is 17.0 Å². The van der Waals surface area contributed by atoms with Crippen LogP contribution in [0, 0.1) is 5.82 Å². The Balaban J connectivity index is 2.12. The standard InChI is InChI=1S/C21H26FNO4S/c1-2-3-4-5-6-9-14-28(26,27)23-20-13-12-16(15-18(20)21(24)25)17-10-7-8-11-19(17)22/h7-8,10-13,15,23H,2-6,9,14H2,1H3,(H,24,25). The zero-order valence-electron chi connectivity index (χ0n) is 15.9. The van der Waals surface area contributed by atoms with Gasteiger partial charge in [-0.15, -0.1) is 0 Å². The number of carbonyl (C=O) groups is 1. The Bertz CT molecular complexity index is 912. The molecule has 5 nitrogen and oxygen atoms in total. The van der Waals surface area contributed by atoms with Crippen LogP contribution in [0.2, 0.25) is 0 Å². The van der Waals surface area contributed by atoms with Crippen LogP contribution in [0.1, 0.15) is 55.8 Å². The Labute approximate surface area is 165 Å². The first-order valence-electron chi connectivity index (χ1n) is 9.47. The van der Waals surface area contributed by atoms with Crippen LogP contribution in [-0.2, 0) is 10.0 Å². The lowest BCUT2D eigenvalue weighted by molar-refractivity contribution is 0.0698. The molecule has 0 saturated carbocycles. The number of aromatic carboxylic acids is 1. The summed E-state index contributed by atoms with van der Waals surface area (Å²) in [6.45, 7) is 2.12. The highest BCUT2D eigenvalue weighted by atomic mass is 32.2. The topological polar surface area (TPSA) is 83.5 Å². The highest BCUT2D eigenvalue weighted by Gasteiger charge is 2.18. The SMILES string of the molecule is CCCCCCCCS(=O)(=O)Nc1ccc(-c2ccccc2F)cc1C(=O)O. The van der Waals surface area contributed by atoms with Crippen molar-refractivity contribution in [2.24, 2.45) is 0 Å².